The highest BCUT2D eigenvalue weighted by molar-refractivity contribution is 8.02. The summed E-state index contributed by atoms with van der Waals surface area (Å²) in [6.07, 6.45) is 0. The van der Waals surface area contributed by atoms with E-state index < -0.39 is 0 Å². The lowest BCUT2D eigenvalue weighted by Crippen LogP contribution is -2.21. The van der Waals surface area contributed by atoms with Gasteiger partial charge in [-0.3, -0.25) is 14.8 Å². The second kappa shape index (κ2) is 8.61. The van der Waals surface area contributed by atoms with Crippen LogP contribution in [0, 0.1) is 0 Å². The average molecular weight is 358 g/mol. The van der Waals surface area contributed by atoms with Gasteiger partial charge in [-0.15, -0.1) is 23.1 Å². The standard InChI is InChI=1S/C18H19N3OS2/c1-19-12-23-11-16(20-2)15-9-17(24-10-15)13-5-7-14(8-6-13)18(22)21(3)4/h5-11H,1-2,12H2,3-4H3/b16-11-. The molecule has 0 aliphatic rings. The minimum absolute atomic E-state index is 0.00217. The molecule has 1 amide bonds. The number of hydrogen-bond donors (Lipinski definition) is 0. The first-order valence-corrected chi connectivity index (χ1v) is 9.11. The van der Waals surface area contributed by atoms with Crippen molar-refractivity contribution in [3.63, 3.8) is 0 Å². The second-order valence-electron chi connectivity index (χ2n) is 5.16. The van der Waals surface area contributed by atoms with Crippen LogP contribution in [0.15, 0.2) is 51.1 Å². The van der Waals surface area contributed by atoms with Crippen molar-refractivity contribution in [2.45, 2.75) is 0 Å². The summed E-state index contributed by atoms with van der Waals surface area (Å²) >= 11 is 3.17. The number of amides is 1. The Balaban J connectivity index is 2.21. The van der Waals surface area contributed by atoms with Crippen molar-refractivity contribution in [3.8, 4) is 10.4 Å². The first kappa shape index (κ1) is 18.2. The van der Waals surface area contributed by atoms with E-state index in [0.29, 0.717) is 11.4 Å². The summed E-state index contributed by atoms with van der Waals surface area (Å²) in [7, 11) is 3.50. The van der Waals surface area contributed by atoms with Crippen molar-refractivity contribution in [2.24, 2.45) is 9.98 Å². The van der Waals surface area contributed by atoms with Crippen molar-refractivity contribution in [1.82, 2.24) is 4.90 Å². The van der Waals surface area contributed by atoms with Gasteiger partial charge in [-0.25, -0.2) is 0 Å². The van der Waals surface area contributed by atoms with E-state index in [-0.39, 0.29) is 5.91 Å². The van der Waals surface area contributed by atoms with Crippen LogP contribution in [-0.2, 0) is 0 Å². The van der Waals surface area contributed by atoms with Gasteiger partial charge >= 0.3 is 0 Å². The number of thiophene rings is 1. The monoisotopic (exact) mass is 357 g/mol. The molecule has 2 aromatic rings. The predicted octanol–water partition coefficient (Wildman–Crippen LogP) is 4.51. The van der Waals surface area contributed by atoms with E-state index in [1.165, 1.54) is 11.8 Å². The van der Waals surface area contributed by atoms with Crippen LogP contribution >= 0.6 is 23.1 Å². The van der Waals surface area contributed by atoms with Crippen molar-refractivity contribution in [1.29, 1.82) is 0 Å². The van der Waals surface area contributed by atoms with Crippen molar-refractivity contribution in [2.75, 3.05) is 20.0 Å². The highest BCUT2D eigenvalue weighted by Gasteiger charge is 2.09. The fraction of sp³-hybridized carbons (Fsp3) is 0.167. The molecule has 0 aliphatic carbocycles. The maximum atomic E-state index is 11.9. The lowest BCUT2D eigenvalue weighted by atomic mass is 10.1. The first-order chi connectivity index (χ1) is 11.6. The number of benzene rings is 1. The Hall–Kier alpha value is -2.18. The highest BCUT2D eigenvalue weighted by atomic mass is 32.2. The van der Waals surface area contributed by atoms with Gasteiger partial charge in [-0.2, -0.15) is 0 Å². The molecule has 0 N–H and O–H groups in total. The Labute approximate surface area is 150 Å². The van der Waals surface area contributed by atoms with Crippen LogP contribution in [0.1, 0.15) is 15.9 Å². The Morgan fingerprint density at radius 3 is 2.54 bits per heavy atom. The molecule has 0 saturated heterocycles. The molecule has 0 saturated carbocycles. The predicted molar refractivity (Wildman–Crippen MR) is 107 cm³/mol. The molecule has 1 aromatic heterocycles. The third-order valence-corrected chi connectivity index (χ3v) is 4.95. The molecule has 124 valence electrons. The second-order valence-corrected chi connectivity index (χ2v) is 6.90. The maximum Gasteiger partial charge on any atom is 0.253 e. The molecule has 2 rings (SSSR count). The SMILES string of the molecule is C=NCS/C=C(\N=C)c1csc(-c2ccc(C(=O)N(C)C)cc2)c1. The van der Waals surface area contributed by atoms with E-state index in [9.17, 15) is 4.79 Å². The zero-order valence-electron chi connectivity index (χ0n) is 13.7. The fourth-order valence-electron chi connectivity index (χ4n) is 2.02. The highest BCUT2D eigenvalue weighted by Crippen LogP contribution is 2.32. The largest absolute Gasteiger partial charge is 0.345 e. The van der Waals surface area contributed by atoms with Crippen LogP contribution in [0.2, 0.25) is 0 Å². The average Bonchev–Trinajstić information content (AvgIpc) is 3.08. The van der Waals surface area contributed by atoms with Gasteiger partial charge in [0, 0.05) is 35.5 Å². The Morgan fingerprint density at radius 2 is 1.96 bits per heavy atom. The van der Waals surface area contributed by atoms with Gasteiger partial charge in [0.15, 0.2) is 0 Å². The number of thioether (sulfide) groups is 1. The molecule has 0 radical (unpaired) electrons. The van der Waals surface area contributed by atoms with Crippen molar-refractivity contribution >= 4 is 48.1 Å². The molecular formula is C18H19N3OS2. The lowest BCUT2D eigenvalue weighted by molar-refractivity contribution is 0.0827. The van der Waals surface area contributed by atoms with Crippen LogP contribution in [0.5, 0.6) is 0 Å². The first-order valence-electron chi connectivity index (χ1n) is 7.18. The molecular weight excluding hydrogens is 338 g/mol. The summed E-state index contributed by atoms with van der Waals surface area (Å²) < 4.78 is 0. The maximum absolute atomic E-state index is 11.9. The van der Waals surface area contributed by atoms with Crippen LogP contribution in [0.25, 0.3) is 16.1 Å². The third kappa shape index (κ3) is 4.43. The number of rotatable bonds is 7. The third-order valence-electron chi connectivity index (χ3n) is 3.25. The van der Waals surface area contributed by atoms with Gasteiger partial charge in [0.25, 0.3) is 5.91 Å². The molecule has 0 aliphatic heterocycles. The van der Waals surface area contributed by atoms with E-state index in [0.717, 1.165) is 21.7 Å². The quantitative estimate of drug-likeness (QED) is 0.541. The normalized spacial score (nSPS) is 11.2. The molecule has 6 heteroatoms. The van der Waals surface area contributed by atoms with E-state index in [4.69, 9.17) is 0 Å². The lowest BCUT2D eigenvalue weighted by Gasteiger charge is -2.10. The van der Waals surface area contributed by atoms with Crippen molar-refractivity contribution < 1.29 is 4.79 Å². The molecule has 0 unspecified atom stereocenters. The molecule has 0 fully saturated rings. The number of carbonyl (C=O) groups is 1. The Kier molecular flexibility index (Phi) is 6.52. The number of carbonyl (C=O) groups excluding carboxylic acids is 1. The molecule has 24 heavy (non-hydrogen) atoms. The molecule has 4 nitrogen and oxygen atoms in total. The molecule has 1 heterocycles. The van der Waals surface area contributed by atoms with Gasteiger partial charge in [0.1, 0.15) is 0 Å². The van der Waals surface area contributed by atoms with E-state index in [1.54, 1.807) is 30.3 Å². The molecule has 0 bridgehead atoms. The summed E-state index contributed by atoms with van der Waals surface area (Å²) in [6, 6.07) is 9.72. The van der Waals surface area contributed by atoms with E-state index in [2.05, 4.69) is 34.9 Å². The van der Waals surface area contributed by atoms with E-state index in [1.807, 2.05) is 29.7 Å². The summed E-state index contributed by atoms with van der Waals surface area (Å²) in [5, 5.41) is 3.99. The zero-order chi connectivity index (χ0) is 17.5. The molecule has 0 atom stereocenters. The molecule has 0 spiro atoms. The number of nitrogens with zero attached hydrogens (tertiary/aromatic N) is 3. The van der Waals surface area contributed by atoms with Gasteiger partial charge < -0.3 is 4.90 Å². The molecule has 1 aromatic carbocycles. The van der Waals surface area contributed by atoms with Crippen LogP contribution in [0.3, 0.4) is 0 Å². The topological polar surface area (TPSA) is 45.0 Å². The minimum Gasteiger partial charge on any atom is -0.345 e. The van der Waals surface area contributed by atoms with Gasteiger partial charge in [0.05, 0.1) is 11.6 Å². The van der Waals surface area contributed by atoms with Gasteiger partial charge in [-0.1, -0.05) is 12.1 Å². The van der Waals surface area contributed by atoms with Crippen molar-refractivity contribution in [3.05, 3.63) is 52.2 Å². The van der Waals surface area contributed by atoms with E-state index >= 15 is 0 Å². The summed E-state index contributed by atoms with van der Waals surface area (Å²) in [6.45, 7) is 7.09. The zero-order valence-corrected chi connectivity index (χ0v) is 15.4. The van der Waals surface area contributed by atoms with Crippen LogP contribution in [-0.4, -0.2) is 44.2 Å². The van der Waals surface area contributed by atoms with Crippen LogP contribution < -0.4 is 0 Å². The summed E-state index contributed by atoms with van der Waals surface area (Å²) in [4.78, 5) is 22.5. The fourth-order valence-corrected chi connectivity index (χ4v) is 3.48. The number of hydrogen-bond acceptors (Lipinski definition) is 5. The smallest absolute Gasteiger partial charge is 0.253 e. The minimum atomic E-state index is 0.00217. The van der Waals surface area contributed by atoms with Gasteiger partial charge in [-0.05, 0) is 42.6 Å². The van der Waals surface area contributed by atoms with Gasteiger partial charge in [0.2, 0.25) is 0 Å². The number of aliphatic imine (C=N–C) groups is 2. The Bertz CT molecular complexity index is 761. The summed E-state index contributed by atoms with van der Waals surface area (Å²) in [5.41, 5.74) is 3.60. The Morgan fingerprint density at radius 1 is 1.25 bits per heavy atom. The summed E-state index contributed by atoms with van der Waals surface area (Å²) in [5.74, 6) is 0.597. The van der Waals surface area contributed by atoms with Crippen LogP contribution in [0.4, 0.5) is 0 Å².